The van der Waals surface area contributed by atoms with E-state index in [1.165, 1.54) is 12.3 Å². The van der Waals surface area contributed by atoms with Crippen LogP contribution in [0.15, 0.2) is 23.4 Å². The first-order valence-corrected chi connectivity index (χ1v) is 5.98. The van der Waals surface area contributed by atoms with Crippen molar-refractivity contribution in [3.63, 3.8) is 0 Å². The van der Waals surface area contributed by atoms with Crippen molar-refractivity contribution >= 4 is 15.7 Å². The monoisotopic (exact) mass is 266 g/mol. The van der Waals surface area contributed by atoms with Crippen molar-refractivity contribution in [2.24, 2.45) is 5.84 Å². The maximum atomic E-state index is 12.2. The highest BCUT2D eigenvalue weighted by Crippen LogP contribution is 2.22. The van der Waals surface area contributed by atoms with Crippen LogP contribution in [0.4, 0.5) is 14.5 Å². The molecule has 6 nitrogen and oxygen atoms in total. The summed E-state index contributed by atoms with van der Waals surface area (Å²) in [6.45, 7) is -0.888. The van der Waals surface area contributed by atoms with E-state index < -0.39 is 23.0 Å². The zero-order valence-electron chi connectivity index (χ0n) is 8.97. The Balaban J connectivity index is 3.13. The van der Waals surface area contributed by atoms with E-state index in [2.05, 4.69) is 10.4 Å². The highest BCUT2D eigenvalue weighted by Gasteiger charge is 2.26. The zero-order chi connectivity index (χ0) is 13.1. The number of nitrogen functional groups attached to an aromatic ring is 1. The van der Waals surface area contributed by atoms with Crippen molar-refractivity contribution < 1.29 is 17.2 Å². The predicted molar refractivity (Wildman–Crippen MR) is 57.9 cm³/mol. The van der Waals surface area contributed by atoms with Gasteiger partial charge in [0.25, 0.3) is 6.43 Å². The summed E-state index contributed by atoms with van der Waals surface area (Å²) in [6.07, 6.45) is -0.367. The molecule has 17 heavy (non-hydrogen) atoms. The minimum Gasteiger partial charge on any atom is -0.323 e. The number of rotatable bonds is 5. The van der Waals surface area contributed by atoms with Crippen LogP contribution in [0.2, 0.25) is 0 Å². The second-order valence-electron chi connectivity index (χ2n) is 3.19. The van der Waals surface area contributed by atoms with Crippen LogP contribution < -0.4 is 11.3 Å². The van der Waals surface area contributed by atoms with Gasteiger partial charge in [-0.2, -0.15) is 4.31 Å². The topological polar surface area (TPSA) is 88.3 Å². The minimum absolute atomic E-state index is 0.0983. The number of hydrogen-bond acceptors (Lipinski definition) is 5. The van der Waals surface area contributed by atoms with Gasteiger partial charge in [0.1, 0.15) is 4.90 Å². The standard InChI is InChI=1S/C8H12F2N4O2S/c1-14(5-8(9)10)17(15,16)7-4-12-3-2-6(7)13-11/h2-4,8H,5,11H2,1H3,(H,12,13). The molecule has 96 valence electrons. The molecule has 0 fully saturated rings. The fraction of sp³-hybridized carbons (Fsp3) is 0.375. The summed E-state index contributed by atoms with van der Waals surface area (Å²) in [5, 5.41) is 0. The third-order valence-electron chi connectivity index (χ3n) is 2.02. The number of nitrogens with zero attached hydrogens (tertiary/aromatic N) is 2. The normalized spacial score (nSPS) is 12.1. The van der Waals surface area contributed by atoms with Crippen LogP contribution in [0.1, 0.15) is 0 Å². The lowest BCUT2D eigenvalue weighted by molar-refractivity contribution is 0.126. The first-order valence-electron chi connectivity index (χ1n) is 4.54. The van der Waals surface area contributed by atoms with E-state index >= 15 is 0 Å². The molecule has 0 saturated carbocycles. The molecule has 0 bridgehead atoms. The molecule has 1 heterocycles. The number of hydrogen-bond donors (Lipinski definition) is 2. The van der Waals surface area contributed by atoms with Gasteiger partial charge in [-0.1, -0.05) is 0 Å². The second-order valence-corrected chi connectivity index (χ2v) is 5.21. The Morgan fingerprint density at radius 2 is 2.24 bits per heavy atom. The maximum Gasteiger partial charge on any atom is 0.252 e. The number of halogens is 2. The molecule has 3 N–H and O–H groups in total. The Hall–Kier alpha value is -1.32. The fourth-order valence-corrected chi connectivity index (χ4v) is 2.41. The van der Waals surface area contributed by atoms with Crippen molar-refractivity contribution in [2.75, 3.05) is 19.0 Å². The number of hydrazine groups is 1. The Kier molecular flexibility index (Phi) is 4.32. The van der Waals surface area contributed by atoms with Gasteiger partial charge in [-0.05, 0) is 6.07 Å². The first kappa shape index (κ1) is 13.7. The molecule has 0 amide bonds. The Labute approximate surface area is 97.5 Å². The summed E-state index contributed by atoms with van der Waals surface area (Å²) in [6, 6.07) is 1.34. The molecule has 1 aromatic heterocycles. The zero-order valence-corrected chi connectivity index (χ0v) is 9.79. The van der Waals surface area contributed by atoms with E-state index in [0.717, 1.165) is 13.2 Å². The molecule has 1 aromatic rings. The maximum absolute atomic E-state index is 12.2. The van der Waals surface area contributed by atoms with Gasteiger partial charge < -0.3 is 5.43 Å². The number of anilines is 1. The van der Waals surface area contributed by atoms with E-state index in [9.17, 15) is 17.2 Å². The quantitative estimate of drug-likeness (QED) is 0.589. The molecule has 0 unspecified atom stereocenters. The van der Waals surface area contributed by atoms with Crippen molar-refractivity contribution in [3.05, 3.63) is 18.5 Å². The Morgan fingerprint density at radius 1 is 1.59 bits per heavy atom. The van der Waals surface area contributed by atoms with Crippen LogP contribution in [-0.4, -0.2) is 37.7 Å². The van der Waals surface area contributed by atoms with Crippen LogP contribution in [0.5, 0.6) is 0 Å². The lowest BCUT2D eigenvalue weighted by Gasteiger charge is -2.18. The predicted octanol–water partition coefficient (Wildman–Crippen LogP) is 0.253. The molecule has 9 heteroatoms. The summed E-state index contributed by atoms with van der Waals surface area (Å²) in [4.78, 5) is 3.39. The number of sulfonamides is 1. The largest absolute Gasteiger partial charge is 0.323 e. The van der Waals surface area contributed by atoms with Crippen LogP contribution in [0.25, 0.3) is 0 Å². The smallest absolute Gasteiger partial charge is 0.252 e. The van der Waals surface area contributed by atoms with E-state index in [-0.39, 0.29) is 10.6 Å². The summed E-state index contributed by atoms with van der Waals surface area (Å²) < 4.78 is 48.7. The van der Waals surface area contributed by atoms with Gasteiger partial charge in [-0.3, -0.25) is 10.8 Å². The first-order chi connectivity index (χ1) is 7.89. The van der Waals surface area contributed by atoms with E-state index in [1.807, 2.05) is 0 Å². The van der Waals surface area contributed by atoms with Crippen molar-refractivity contribution in [1.29, 1.82) is 0 Å². The molecule has 0 aromatic carbocycles. The molecular formula is C8H12F2N4O2S. The van der Waals surface area contributed by atoms with Crippen molar-refractivity contribution in [2.45, 2.75) is 11.3 Å². The average Bonchev–Trinajstić information content (AvgIpc) is 2.28. The van der Waals surface area contributed by atoms with Crippen LogP contribution in [0.3, 0.4) is 0 Å². The van der Waals surface area contributed by atoms with Crippen LogP contribution >= 0.6 is 0 Å². The van der Waals surface area contributed by atoms with Gasteiger partial charge in [0, 0.05) is 19.4 Å². The van der Waals surface area contributed by atoms with E-state index in [0.29, 0.717) is 4.31 Å². The molecule has 0 radical (unpaired) electrons. The van der Waals surface area contributed by atoms with Crippen molar-refractivity contribution in [1.82, 2.24) is 9.29 Å². The third-order valence-corrected chi connectivity index (χ3v) is 3.87. The SMILES string of the molecule is CN(CC(F)F)S(=O)(=O)c1cnccc1NN. The number of nitrogens with two attached hydrogens (primary N) is 1. The number of aromatic nitrogens is 1. The molecular weight excluding hydrogens is 254 g/mol. The molecule has 0 aliphatic rings. The molecule has 0 aliphatic heterocycles. The Bertz CT molecular complexity index is 480. The van der Waals surface area contributed by atoms with Gasteiger partial charge >= 0.3 is 0 Å². The summed E-state index contributed by atoms with van der Waals surface area (Å²) in [5.41, 5.74) is 2.27. The van der Waals surface area contributed by atoms with Gasteiger partial charge in [0.05, 0.1) is 12.2 Å². The van der Waals surface area contributed by atoms with Gasteiger partial charge in [0.15, 0.2) is 0 Å². The van der Waals surface area contributed by atoms with Gasteiger partial charge in [-0.25, -0.2) is 17.2 Å². The number of alkyl halides is 2. The Morgan fingerprint density at radius 3 is 2.76 bits per heavy atom. The minimum atomic E-state index is -4.03. The third kappa shape index (κ3) is 3.08. The average molecular weight is 266 g/mol. The van der Waals surface area contributed by atoms with Crippen LogP contribution in [-0.2, 0) is 10.0 Å². The molecule has 0 aliphatic carbocycles. The van der Waals surface area contributed by atoms with Crippen LogP contribution in [0, 0.1) is 0 Å². The fourth-order valence-electron chi connectivity index (χ4n) is 1.17. The highest BCUT2D eigenvalue weighted by molar-refractivity contribution is 7.89. The summed E-state index contributed by atoms with van der Waals surface area (Å²) in [5.74, 6) is 5.14. The second kappa shape index (κ2) is 5.34. The van der Waals surface area contributed by atoms with E-state index in [1.54, 1.807) is 0 Å². The molecule has 0 saturated heterocycles. The van der Waals surface area contributed by atoms with E-state index in [4.69, 9.17) is 5.84 Å². The highest BCUT2D eigenvalue weighted by atomic mass is 32.2. The lowest BCUT2D eigenvalue weighted by atomic mass is 10.4. The molecule has 0 spiro atoms. The lowest BCUT2D eigenvalue weighted by Crippen LogP contribution is -2.32. The number of nitrogens with one attached hydrogen (secondary N) is 1. The number of pyridine rings is 1. The molecule has 0 atom stereocenters. The van der Waals surface area contributed by atoms with Crippen molar-refractivity contribution in [3.8, 4) is 0 Å². The summed E-state index contributed by atoms with van der Waals surface area (Å²) in [7, 11) is -2.96. The molecule has 1 rings (SSSR count). The van der Waals surface area contributed by atoms with Gasteiger partial charge in [-0.15, -0.1) is 0 Å². The van der Waals surface area contributed by atoms with Gasteiger partial charge in [0.2, 0.25) is 10.0 Å². The summed E-state index contributed by atoms with van der Waals surface area (Å²) >= 11 is 0.